The fourth-order valence-corrected chi connectivity index (χ4v) is 3.82. The molecule has 1 aliphatic rings. The van der Waals surface area contributed by atoms with Crippen LogP contribution in [0.15, 0.2) is 23.1 Å². The topological polar surface area (TPSA) is 40.5 Å². The fraction of sp³-hybridized carbons (Fsp3) is 0.455. The van der Waals surface area contributed by atoms with Gasteiger partial charge in [-0.05, 0) is 26.8 Å². The highest BCUT2D eigenvalue weighted by atomic mass is 35.5. The smallest absolute Gasteiger partial charge is 0.146 e. The van der Waals surface area contributed by atoms with Crippen molar-refractivity contribution in [1.29, 1.82) is 0 Å². The second-order valence-corrected chi connectivity index (χ2v) is 6.48. The number of aliphatic hydroxyl groups excluding tert-OH is 1. The predicted molar refractivity (Wildman–Crippen MR) is 64.4 cm³/mol. The van der Waals surface area contributed by atoms with Gasteiger partial charge >= 0.3 is 0 Å². The number of fused-ring (bicyclic) bond motifs is 1. The number of rotatable bonds is 0. The summed E-state index contributed by atoms with van der Waals surface area (Å²) in [5, 5.41) is 10.6. The molecule has 1 heterocycles. The average Bonchev–Trinajstić information content (AvgIpc) is 2.39. The molecule has 0 amide bonds. The molecule has 0 saturated carbocycles. The first-order valence-electron chi connectivity index (χ1n) is 5.02. The third-order valence-electron chi connectivity index (χ3n) is 2.51. The first kappa shape index (κ1) is 12.0. The van der Waals surface area contributed by atoms with E-state index in [0.29, 0.717) is 15.5 Å². The normalized spacial score (nSPS) is 25.8. The largest absolute Gasteiger partial charge is 0.373 e. The molecule has 0 aromatic heterocycles. The Bertz CT molecular complexity index is 456. The third-order valence-corrected chi connectivity index (χ3v) is 4.85. The van der Waals surface area contributed by atoms with E-state index in [1.54, 1.807) is 22.5 Å². The van der Waals surface area contributed by atoms with Gasteiger partial charge in [0.05, 0.1) is 9.92 Å². The Hall–Kier alpha value is -0.420. The summed E-state index contributed by atoms with van der Waals surface area (Å²) in [6, 6.07) is 5.21. The van der Waals surface area contributed by atoms with E-state index in [4.69, 9.17) is 11.6 Å². The lowest BCUT2D eigenvalue weighted by molar-refractivity contribution is 0.0241. The van der Waals surface area contributed by atoms with E-state index in [1.165, 1.54) is 0 Å². The van der Waals surface area contributed by atoms with Gasteiger partial charge < -0.3 is 5.11 Å². The quantitative estimate of drug-likeness (QED) is 0.778. The molecule has 0 fully saturated rings. The van der Waals surface area contributed by atoms with Crippen LogP contribution in [0.5, 0.6) is 0 Å². The molecule has 2 rings (SSSR count). The molecule has 0 unspecified atom stereocenters. The SMILES string of the molecule is CC(C)(C)N1[C@H](O)c2cccc(Cl)c2[S@@]1=O. The van der Waals surface area contributed by atoms with Gasteiger partial charge in [0.2, 0.25) is 0 Å². The number of nitrogens with zero attached hydrogens (tertiary/aromatic N) is 1. The Morgan fingerprint density at radius 1 is 1.44 bits per heavy atom. The van der Waals surface area contributed by atoms with Crippen molar-refractivity contribution in [2.75, 3.05) is 0 Å². The Morgan fingerprint density at radius 3 is 2.56 bits per heavy atom. The molecule has 3 nitrogen and oxygen atoms in total. The van der Waals surface area contributed by atoms with Crippen LogP contribution in [0.3, 0.4) is 0 Å². The van der Waals surface area contributed by atoms with E-state index in [1.807, 2.05) is 20.8 Å². The zero-order chi connectivity index (χ0) is 12.1. The highest BCUT2D eigenvalue weighted by molar-refractivity contribution is 7.83. The molecule has 0 aliphatic carbocycles. The predicted octanol–water partition coefficient (Wildman–Crippen LogP) is 2.47. The van der Waals surface area contributed by atoms with Gasteiger partial charge in [0.25, 0.3) is 0 Å². The Morgan fingerprint density at radius 2 is 2.06 bits per heavy atom. The molecule has 1 aromatic rings. The standard InChI is InChI=1S/C11H14ClNO2S/c1-11(2,3)13-10(14)7-5-4-6-8(12)9(7)16(13)15/h4-6,10,14H,1-3H3/t10-,16+/m1/s1. The van der Waals surface area contributed by atoms with Crippen LogP contribution in [0.1, 0.15) is 32.6 Å². The summed E-state index contributed by atoms with van der Waals surface area (Å²) >= 11 is 6.01. The minimum atomic E-state index is -1.40. The van der Waals surface area contributed by atoms with E-state index in [-0.39, 0.29) is 5.54 Å². The van der Waals surface area contributed by atoms with Gasteiger partial charge in [-0.2, -0.15) is 4.31 Å². The van der Waals surface area contributed by atoms with Crippen molar-refractivity contribution in [2.24, 2.45) is 0 Å². The van der Waals surface area contributed by atoms with Gasteiger partial charge in [-0.1, -0.05) is 23.7 Å². The second-order valence-electron chi connectivity index (χ2n) is 4.78. The Kier molecular flexibility index (Phi) is 2.87. The lowest BCUT2D eigenvalue weighted by Gasteiger charge is -2.32. The molecule has 1 aromatic carbocycles. The van der Waals surface area contributed by atoms with Gasteiger partial charge in [-0.25, -0.2) is 4.21 Å². The molecular weight excluding hydrogens is 246 g/mol. The Labute approximate surface area is 103 Å². The molecule has 0 saturated heterocycles. The number of hydrogen-bond donors (Lipinski definition) is 1. The number of halogens is 1. The van der Waals surface area contributed by atoms with E-state index in [9.17, 15) is 9.32 Å². The second kappa shape index (κ2) is 3.81. The van der Waals surface area contributed by atoms with Crippen LogP contribution < -0.4 is 0 Å². The fourth-order valence-electron chi connectivity index (χ4n) is 1.84. The lowest BCUT2D eigenvalue weighted by Crippen LogP contribution is -2.41. The first-order valence-corrected chi connectivity index (χ1v) is 6.50. The highest BCUT2D eigenvalue weighted by Crippen LogP contribution is 2.42. The lowest BCUT2D eigenvalue weighted by atomic mass is 10.1. The van der Waals surface area contributed by atoms with E-state index >= 15 is 0 Å². The minimum Gasteiger partial charge on any atom is -0.373 e. The van der Waals surface area contributed by atoms with Crippen molar-refractivity contribution in [3.63, 3.8) is 0 Å². The number of aliphatic hydroxyl groups is 1. The van der Waals surface area contributed by atoms with Crippen molar-refractivity contribution >= 4 is 22.6 Å². The van der Waals surface area contributed by atoms with Gasteiger partial charge in [0.15, 0.2) is 0 Å². The maximum Gasteiger partial charge on any atom is 0.146 e. The highest BCUT2D eigenvalue weighted by Gasteiger charge is 2.42. The van der Waals surface area contributed by atoms with Gasteiger partial charge in [-0.3, -0.25) is 0 Å². The number of hydrogen-bond acceptors (Lipinski definition) is 2. The summed E-state index contributed by atoms with van der Waals surface area (Å²) in [4.78, 5) is 0.534. The van der Waals surface area contributed by atoms with E-state index in [0.717, 1.165) is 0 Å². The van der Waals surface area contributed by atoms with Crippen molar-refractivity contribution in [3.8, 4) is 0 Å². The van der Waals surface area contributed by atoms with Crippen LogP contribution in [0.25, 0.3) is 0 Å². The summed E-state index contributed by atoms with van der Waals surface area (Å²) in [6.07, 6.45) is -0.852. The van der Waals surface area contributed by atoms with E-state index in [2.05, 4.69) is 0 Å². The maximum absolute atomic E-state index is 12.3. The van der Waals surface area contributed by atoms with Crippen LogP contribution in [-0.2, 0) is 11.0 Å². The number of benzene rings is 1. The molecule has 0 bridgehead atoms. The average molecular weight is 260 g/mol. The summed E-state index contributed by atoms with van der Waals surface area (Å²) in [5.74, 6) is 0. The Balaban J connectivity index is 2.57. The molecule has 88 valence electrons. The molecule has 0 spiro atoms. The van der Waals surface area contributed by atoms with Crippen LogP contribution in [0.2, 0.25) is 5.02 Å². The minimum absolute atomic E-state index is 0.382. The first-order chi connectivity index (χ1) is 7.34. The molecule has 5 heteroatoms. The summed E-state index contributed by atoms with van der Waals surface area (Å²) < 4.78 is 13.8. The van der Waals surface area contributed by atoms with Crippen LogP contribution in [0, 0.1) is 0 Å². The zero-order valence-electron chi connectivity index (χ0n) is 9.40. The van der Waals surface area contributed by atoms with Crippen LogP contribution in [0.4, 0.5) is 0 Å². The van der Waals surface area contributed by atoms with Gasteiger partial charge in [0.1, 0.15) is 17.2 Å². The third kappa shape index (κ3) is 1.70. The van der Waals surface area contributed by atoms with Crippen molar-refractivity contribution in [2.45, 2.75) is 37.4 Å². The van der Waals surface area contributed by atoms with Crippen molar-refractivity contribution < 1.29 is 9.32 Å². The summed E-state index contributed by atoms with van der Waals surface area (Å²) in [7, 11) is -1.40. The maximum atomic E-state index is 12.3. The van der Waals surface area contributed by atoms with Crippen molar-refractivity contribution in [1.82, 2.24) is 4.31 Å². The molecular formula is C11H14ClNO2S. The van der Waals surface area contributed by atoms with E-state index < -0.39 is 17.2 Å². The molecule has 16 heavy (non-hydrogen) atoms. The molecule has 1 aliphatic heterocycles. The van der Waals surface area contributed by atoms with Gasteiger partial charge in [0, 0.05) is 11.1 Å². The molecule has 0 radical (unpaired) electrons. The zero-order valence-corrected chi connectivity index (χ0v) is 11.0. The summed E-state index contributed by atoms with van der Waals surface area (Å²) in [5.41, 5.74) is 0.257. The van der Waals surface area contributed by atoms with Crippen molar-refractivity contribution in [3.05, 3.63) is 28.8 Å². The molecule has 2 atom stereocenters. The molecule has 1 N–H and O–H groups in total. The van der Waals surface area contributed by atoms with Gasteiger partial charge in [-0.15, -0.1) is 0 Å². The monoisotopic (exact) mass is 259 g/mol. The van der Waals surface area contributed by atoms with Crippen LogP contribution >= 0.6 is 11.6 Å². The van der Waals surface area contributed by atoms with Crippen LogP contribution in [-0.4, -0.2) is 19.2 Å². The summed E-state index contributed by atoms with van der Waals surface area (Å²) in [6.45, 7) is 5.73.